The Hall–Kier alpha value is -2.82. The number of methoxy groups -OCH3 is 1. The van der Waals surface area contributed by atoms with Gasteiger partial charge in [0.05, 0.1) is 7.11 Å². The highest BCUT2D eigenvalue weighted by Crippen LogP contribution is 2.21. The first-order valence-corrected chi connectivity index (χ1v) is 8.33. The molecule has 0 aliphatic carbocycles. The average molecular weight is 340 g/mol. The van der Waals surface area contributed by atoms with E-state index in [4.69, 9.17) is 4.74 Å². The van der Waals surface area contributed by atoms with Gasteiger partial charge in [0.1, 0.15) is 5.75 Å². The number of nitrogens with zero attached hydrogens (tertiary/aromatic N) is 1. The van der Waals surface area contributed by atoms with Crippen molar-refractivity contribution < 1.29 is 14.3 Å². The Bertz CT molecular complexity index is 701. The Balaban J connectivity index is 1.83. The zero-order valence-corrected chi connectivity index (χ0v) is 14.7. The van der Waals surface area contributed by atoms with Crippen molar-refractivity contribution in [3.63, 3.8) is 0 Å². The molecule has 0 spiro atoms. The number of ether oxygens (including phenoxy) is 1. The van der Waals surface area contributed by atoms with Crippen LogP contribution < -0.4 is 15.0 Å². The van der Waals surface area contributed by atoms with Crippen molar-refractivity contribution in [1.82, 2.24) is 5.32 Å². The molecule has 1 N–H and O–H groups in total. The fourth-order valence-corrected chi connectivity index (χ4v) is 2.54. The predicted octanol–water partition coefficient (Wildman–Crippen LogP) is 2.80. The number of carbonyl (C=O) groups is 2. The van der Waals surface area contributed by atoms with E-state index in [0.29, 0.717) is 18.8 Å². The molecule has 0 aliphatic rings. The molecule has 0 atom stereocenters. The van der Waals surface area contributed by atoms with E-state index >= 15 is 0 Å². The van der Waals surface area contributed by atoms with Crippen LogP contribution in [0.15, 0.2) is 54.6 Å². The summed E-state index contributed by atoms with van der Waals surface area (Å²) >= 11 is 0. The number of amides is 2. The van der Waals surface area contributed by atoms with Crippen molar-refractivity contribution in [2.45, 2.75) is 19.8 Å². The van der Waals surface area contributed by atoms with E-state index in [1.807, 2.05) is 48.5 Å². The van der Waals surface area contributed by atoms with Crippen LogP contribution in [0, 0.1) is 0 Å². The monoisotopic (exact) mass is 340 g/mol. The summed E-state index contributed by atoms with van der Waals surface area (Å²) in [6, 6.07) is 17.3. The van der Waals surface area contributed by atoms with Crippen LogP contribution in [0.25, 0.3) is 0 Å². The Morgan fingerprint density at radius 3 is 2.52 bits per heavy atom. The number of rotatable bonds is 8. The highest BCUT2D eigenvalue weighted by molar-refractivity contribution is 5.92. The Kier molecular flexibility index (Phi) is 7.01. The molecular formula is C20H24N2O3. The number of anilines is 1. The lowest BCUT2D eigenvalue weighted by atomic mass is 10.1. The maximum atomic E-state index is 12.0. The summed E-state index contributed by atoms with van der Waals surface area (Å²) in [6.45, 7) is 2.41. The summed E-state index contributed by atoms with van der Waals surface area (Å²) in [5, 5.41) is 2.90. The van der Waals surface area contributed by atoms with Crippen LogP contribution in [0.1, 0.15) is 18.9 Å². The lowest BCUT2D eigenvalue weighted by molar-refractivity contribution is -0.121. The van der Waals surface area contributed by atoms with Gasteiger partial charge in [0.2, 0.25) is 11.8 Å². The Labute approximate surface area is 148 Å². The average Bonchev–Trinajstić information content (AvgIpc) is 2.62. The maximum absolute atomic E-state index is 12.0. The first kappa shape index (κ1) is 18.5. The van der Waals surface area contributed by atoms with E-state index in [1.165, 1.54) is 12.5 Å². The summed E-state index contributed by atoms with van der Waals surface area (Å²) in [6.07, 6.45) is 1.05. The van der Waals surface area contributed by atoms with Crippen LogP contribution in [-0.4, -0.2) is 32.0 Å². The van der Waals surface area contributed by atoms with Gasteiger partial charge in [-0.1, -0.05) is 36.4 Å². The third-order valence-corrected chi connectivity index (χ3v) is 3.89. The topological polar surface area (TPSA) is 58.6 Å². The molecule has 0 unspecified atom stereocenters. The van der Waals surface area contributed by atoms with Crippen molar-refractivity contribution in [2.24, 2.45) is 0 Å². The molecule has 0 bridgehead atoms. The number of hydrogen-bond donors (Lipinski definition) is 1. The molecule has 5 heteroatoms. The Morgan fingerprint density at radius 1 is 1.08 bits per heavy atom. The Morgan fingerprint density at radius 2 is 1.84 bits per heavy atom. The molecule has 0 saturated heterocycles. The third kappa shape index (κ3) is 5.95. The van der Waals surface area contributed by atoms with Crippen molar-refractivity contribution in [1.29, 1.82) is 0 Å². The predicted molar refractivity (Wildman–Crippen MR) is 98.8 cm³/mol. The SMILES string of the molecule is COc1cccc(N(CCC(=O)NCCc2ccccc2)C(C)=O)c1. The van der Waals surface area contributed by atoms with Gasteiger partial charge in [0, 0.05) is 38.2 Å². The van der Waals surface area contributed by atoms with Gasteiger partial charge in [-0.05, 0) is 24.1 Å². The molecular weight excluding hydrogens is 316 g/mol. The number of carbonyl (C=O) groups excluding carboxylic acids is 2. The lowest BCUT2D eigenvalue weighted by Crippen LogP contribution is -2.34. The van der Waals surface area contributed by atoms with E-state index in [0.717, 1.165) is 12.1 Å². The molecule has 0 radical (unpaired) electrons. The largest absolute Gasteiger partial charge is 0.497 e. The van der Waals surface area contributed by atoms with Gasteiger partial charge in [-0.25, -0.2) is 0 Å². The molecule has 2 aromatic rings. The second-order valence-corrected chi connectivity index (χ2v) is 5.71. The molecule has 0 heterocycles. The molecule has 2 amide bonds. The first-order valence-electron chi connectivity index (χ1n) is 8.33. The molecule has 0 aromatic heterocycles. The normalized spacial score (nSPS) is 10.2. The van der Waals surface area contributed by atoms with E-state index in [2.05, 4.69) is 5.32 Å². The van der Waals surface area contributed by atoms with Gasteiger partial charge < -0.3 is 15.0 Å². The molecule has 5 nitrogen and oxygen atoms in total. The van der Waals surface area contributed by atoms with Crippen molar-refractivity contribution in [3.8, 4) is 5.75 Å². The number of benzene rings is 2. The minimum Gasteiger partial charge on any atom is -0.497 e. The fourth-order valence-electron chi connectivity index (χ4n) is 2.54. The highest BCUT2D eigenvalue weighted by Gasteiger charge is 2.14. The van der Waals surface area contributed by atoms with Crippen molar-refractivity contribution >= 4 is 17.5 Å². The molecule has 132 valence electrons. The lowest BCUT2D eigenvalue weighted by Gasteiger charge is -2.21. The minimum atomic E-state index is -0.106. The molecule has 2 rings (SSSR count). The van der Waals surface area contributed by atoms with E-state index < -0.39 is 0 Å². The zero-order chi connectivity index (χ0) is 18.1. The molecule has 25 heavy (non-hydrogen) atoms. The molecule has 0 saturated carbocycles. The van der Waals surface area contributed by atoms with E-state index in [-0.39, 0.29) is 18.2 Å². The second kappa shape index (κ2) is 9.47. The second-order valence-electron chi connectivity index (χ2n) is 5.71. The van der Waals surface area contributed by atoms with Gasteiger partial charge in [-0.15, -0.1) is 0 Å². The minimum absolute atomic E-state index is 0.0647. The van der Waals surface area contributed by atoms with Gasteiger partial charge in [0.25, 0.3) is 0 Å². The third-order valence-electron chi connectivity index (χ3n) is 3.89. The summed E-state index contributed by atoms with van der Waals surface area (Å²) in [5.41, 5.74) is 1.91. The number of nitrogens with one attached hydrogen (secondary N) is 1. The van der Waals surface area contributed by atoms with Crippen LogP contribution in [0.4, 0.5) is 5.69 Å². The van der Waals surface area contributed by atoms with Crippen LogP contribution in [0.3, 0.4) is 0 Å². The van der Waals surface area contributed by atoms with E-state index in [9.17, 15) is 9.59 Å². The van der Waals surface area contributed by atoms with Gasteiger partial charge in [-0.3, -0.25) is 9.59 Å². The smallest absolute Gasteiger partial charge is 0.223 e. The highest BCUT2D eigenvalue weighted by atomic mass is 16.5. The first-order chi connectivity index (χ1) is 12.1. The van der Waals surface area contributed by atoms with Gasteiger partial charge in [-0.2, -0.15) is 0 Å². The van der Waals surface area contributed by atoms with Crippen LogP contribution in [0.5, 0.6) is 5.75 Å². The van der Waals surface area contributed by atoms with Crippen LogP contribution in [-0.2, 0) is 16.0 Å². The van der Waals surface area contributed by atoms with Crippen molar-refractivity contribution in [2.75, 3.05) is 25.1 Å². The maximum Gasteiger partial charge on any atom is 0.223 e. The number of hydrogen-bond acceptors (Lipinski definition) is 3. The molecule has 0 fully saturated rings. The van der Waals surface area contributed by atoms with Gasteiger partial charge in [0.15, 0.2) is 0 Å². The van der Waals surface area contributed by atoms with E-state index in [1.54, 1.807) is 18.1 Å². The molecule has 2 aromatic carbocycles. The fraction of sp³-hybridized carbons (Fsp3) is 0.300. The quantitative estimate of drug-likeness (QED) is 0.804. The summed E-state index contributed by atoms with van der Waals surface area (Å²) in [7, 11) is 1.58. The summed E-state index contributed by atoms with van der Waals surface area (Å²) < 4.78 is 5.19. The zero-order valence-electron chi connectivity index (χ0n) is 14.7. The standard InChI is InChI=1S/C20H24N2O3/c1-16(23)22(18-9-6-10-19(15-18)25-2)14-12-20(24)21-13-11-17-7-4-3-5-8-17/h3-10,15H,11-14H2,1-2H3,(H,21,24). The molecule has 0 aliphatic heterocycles. The summed E-state index contributed by atoms with van der Waals surface area (Å²) in [5.74, 6) is 0.506. The van der Waals surface area contributed by atoms with Crippen molar-refractivity contribution in [3.05, 3.63) is 60.2 Å². The van der Waals surface area contributed by atoms with Crippen LogP contribution >= 0.6 is 0 Å². The van der Waals surface area contributed by atoms with Gasteiger partial charge >= 0.3 is 0 Å². The summed E-state index contributed by atoms with van der Waals surface area (Å²) in [4.78, 5) is 25.5. The van der Waals surface area contributed by atoms with Crippen LogP contribution in [0.2, 0.25) is 0 Å².